The van der Waals surface area contributed by atoms with Crippen LogP contribution in [-0.2, 0) is 6.18 Å². The largest absolute Gasteiger partial charge is 0.451 e. The molecular formula is C18H9Cl3F3NO2. The van der Waals surface area contributed by atoms with Gasteiger partial charge in [0.1, 0.15) is 5.76 Å². The van der Waals surface area contributed by atoms with Gasteiger partial charge in [-0.1, -0.05) is 34.8 Å². The fourth-order valence-electron chi connectivity index (χ4n) is 2.31. The summed E-state index contributed by atoms with van der Waals surface area (Å²) in [5.41, 5.74) is -0.393. The summed E-state index contributed by atoms with van der Waals surface area (Å²) in [6.45, 7) is 0. The van der Waals surface area contributed by atoms with Crippen molar-refractivity contribution in [2.75, 3.05) is 5.32 Å². The highest BCUT2D eigenvalue weighted by Crippen LogP contribution is 2.36. The summed E-state index contributed by atoms with van der Waals surface area (Å²) in [5, 5.41) is 2.73. The molecule has 0 unspecified atom stereocenters. The predicted molar refractivity (Wildman–Crippen MR) is 98.6 cm³/mol. The van der Waals surface area contributed by atoms with Crippen molar-refractivity contribution in [2.24, 2.45) is 0 Å². The van der Waals surface area contributed by atoms with Gasteiger partial charge < -0.3 is 9.73 Å². The Morgan fingerprint density at radius 1 is 0.926 bits per heavy atom. The first-order valence-corrected chi connectivity index (χ1v) is 8.52. The van der Waals surface area contributed by atoms with E-state index in [2.05, 4.69) is 5.32 Å². The van der Waals surface area contributed by atoms with Crippen LogP contribution >= 0.6 is 34.8 Å². The number of amides is 1. The summed E-state index contributed by atoms with van der Waals surface area (Å²) < 4.78 is 43.7. The average molecular weight is 435 g/mol. The molecule has 1 amide bonds. The van der Waals surface area contributed by atoms with E-state index >= 15 is 0 Å². The molecule has 3 aromatic rings. The molecule has 1 heterocycles. The molecule has 9 heteroatoms. The molecule has 3 rings (SSSR count). The van der Waals surface area contributed by atoms with Crippen molar-refractivity contribution in [3.63, 3.8) is 0 Å². The minimum atomic E-state index is -4.58. The molecule has 3 nitrogen and oxygen atoms in total. The molecule has 27 heavy (non-hydrogen) atoms. The number of rotatable bonds is 3. The highest BCUT2D eigenvalue weighted by Gasteiger charge is 2.33. The number of carbonyl (C=O) groups excluding carboxylic acids is 1. The van der Waals surface area contributed by atoms with Gasteiger partial charge in [0.25, 0.3) is 5.91 Å². The number of halogens is 6. The maximum atomic E-state index is 12.7. The maximum Gasteiger partial charge on any atom is 0.417 e. The number of anilines is 1. The van der Waals surface area contributed by atoms with Crippen molar-refractivity contribution in [2.45, 2.75) is 6.18 Å². The van der Waals surface area contributed by atoms with Crippen molar-refractivity contribution in [3.05, 3.63) is 74.9 Å². The predicted octanol–water partition coefficient (Wildman–Crippen LogP) is 7.18. The van der Waals surface area contributed by atoms with Crippen molar-refractivity contribution in [1.29, 1.82) is 0 Å². The van der Waals surface area contributed by atoms with E-state index in [0.29, 0.717) is 21.4 Å². The van der Waals surface area contributed by atoms with E-state index in [1.807, 2.05) is 0 Å². The van der Waals surface area contributed by atoms with Crippen LogP contribution in [0.2, 0.25) is 15.1 Å². The molecule has 0 saturated heterocycles. The molecule has 0 bridgehead atoms. The SMILES string of the molecule is O=C(Nc1ccc(C(F)(F)F)c(Cl)c1)c1ccc(-c2cc(Cl)ccc2Cl)o1. The van der Waals surface area contributed by atoms with E-state index in [-0.39, 0.29) is 11.4 Å². The number of alkyl halides is 3. The molecule has 0 saturated carbocycles. The standard InChI is InChI=1S/C18H9Cl3F3NO2/c19-9-1-4-13(20)11(7-9)15-5-6-16(27-15)17(26)25-10-2-3-12(14(21)8-10)18(22,23)24/h1-8H,(H,25,26). The number of furan rings is 1. The van der Waals surface area contributed by atoms with Crippen LogP contribution in [0.1, 0.15) is 16.1 Å². The molecule has 0 aliphatic rings. The number of carbonyl (C=O) groups is 1. The van der Waals surface area contributed by atoms with E-state index in [4.69, 9.17) is 39.2 Å². The number of nitrogens with one attached hydrogen (secondary N) is 1. The molecule has 0 spiro atoms. The van der Waals surface area contributed by atoms with Crippen LogP contribution in [-0.4, -0.2) is 5.91 Å². The Bertz CT molecular complexity index is 1020. The van der Waals surface area contributed by atoms with E-state index in [1.165, 1.54) is 12.1 Å². The second-order valence-corrected chi connectivity index (χ2v) is 6.69. The molecule has 2 aromatic carbocycles. The van der Waals surface area contributed by atoms with Crippen LogP contribution in [0.25, 0.3) is 11.3 Å². The molecule has 1 N–H and O–H groups in total. The van der Waals surface area contributed by atoms with Crippen molar-refractivity contribution >= 4 is 46.4 Å². The van der Waals surface area contributed by atoms with Gasteiger partial charge in [0.05, 0.1) is 15.6 Å². The Morgan fingerprint density at radius 3 is 2.33 bits per heavy atom. The summed E-state index contributed by atoms with van der Waals surface area (Å²) in [7, 11) is 0. The summed E-state index contributed by atoms with van der Waals surface area (Å²) in [6.07, 6.45) is -4.58. The van der Waals surface area contributed by atoms with Crippen LogP contribution in [0.5, 0.6) is 0 Å². The lowest BCUT2D eigenvalue weighted by atomic mass is 10.2. The fourth-order valence-corrected chi connectivity index (χ4v) is 2.98. The summed E-state index contributed by atoms with van der Waals surface area (Å²) in [6, 6.07) is 10.6. The van der Waals surface area contributed by atoms with Gasteiger partial charge in [-0.05, 0) is 48.5 Å². The third-order valence-corrected chi connectivity index (χ3v) is 4.43. The van der Waals surface area contributed by atoms with Crippen molar-refractivity contribution in [3.8, 4) is 11.3 Å². The van der Waals surface area contributed by atoms with Crippen molar-refractivity contribution in [1.82, 2.24) is 0 Å². The molecule has 140 valence electrons. The van der Waals surface area contributed by atoms with Crippen LogP contribution in [0, 0.1) is 0 Å². The Labute approximate surface area is 166 Å². The summed E-state index contributed by atoms with van der Waals surface area (Å²) >= 11 is 17.7. The zero-order chi connectivity index (χ0) is 19.8. The Kier molecular flexibility index (Phi) is 5.42. The number of hydrogen-bond donors (Lipinski definition) is 1. The minimum absolute atomic E-state index is 0.0583. The maximum absolute atomic E-state index is 12.7. The van der Waals surface area contributed by atoms with Gasteiger partial charge in [-0.15, -0.1) is 0 Å². The minimum Gasteiger partial charge on any atom is -0.451 e. The van der Waals surface area contributed by atoms with Gasteiger partial charge in [0.15, 0.2) is 5.76 Å². The molecule has 1 aromatic heterocycles. The molecular weight excluding hydrogens is 426 g/mol. The zero-order valence-electron chi connectivity index (χ0n) is 13.2. The van der Waals surface area contributed by atoms with Gasteiger partial charge in [-0.25, -0.2) is 0 Å². The highest BCUT2D eigenvalue weighted by molar-refractivity contribution is 6.35. The zero-order valence-corrected chi connectivity index (χ0v) is 15.5. The Morgan fingerprint density at radius 2 is 1.67 bits per heavy atom. The Balaban J connectivity index is 1.81. The average Bonchev–Trinajstić information content (AvgIpc) is 3.06. The monoisotopic (exact) mass is 433 g/mol. The topological polar surface area (TPSA) is 42.2 Å². The van der Waals surface area contributed by atoms with Crippen LogP contribution < -0.4 is 5.32 Å². The number of benzene rings is 2. The van der Waals surface area contributed by atoms with Crippen LogP contribution in [0.15, 0.2) is 52.9 Å². The molecule has 0 fully saturated rings. The van der Waals surface area contributed by atoms with Crippen molar-refractivity contribution < 1.29 is 22.4 Å². The first kappa shape index (κ1) is 19.6. The van der Waals surface area contributed by atoms with Gasteiger partial charge in [0.2, 0.25) is 0 Å². The third kappa shape index (κ3) is 4.40. The molecule has 0 aliphatic carbocycles. The fraction of sp³-hybridized carbons (Fsp3) is 0.0556. The second-order valence-electron chi connectivity index (χ2n) is 5.43. The van der Waals surface area contributed by atoms with Gasteiger partial charge in [0, 0.05) is 16.3 Å². The van der Waals surface area contributed by atoms with E-state index in [9.17, 15) is 18.0 Å². The van der Waals surface area contributed by atoms with E-state index < -0.39 is 22.7 Å². The van der Waals surface area contributed by atoms with Gasteiger partial charge in [-0.2, -0.15) is 13.2 Å². The second kappa shape index (κ2) is 7.46. The third-order valence-electron chi connectivity index (χ3n) is 3.56. The highest BCUT2D eigenvalue weighted by atomic mass is 35.5. The lowest BCUT2D eigenvalue weighted by Gasteiger charge is -2.10. The normalized spacial score (nSPS) is 11.5. The van der Waals surface area contributed by atoms with E-state index in [1.54, 1.807) is 18.2 Å². The molecule has 0 atom stereocenters. The first-order chi connectivity index (χ1) is 12.6. The Hall–Kier alpha value is -2.15. The van der Waals surface area contributed by atoms with Gasteiger partial charge >= 0.3 is 6.18 Å². The first-order valence-electron chi connectivity index (χ1n) is 7.38. The smallest absolute Gasteiger partial charge is 0.417 e. The molecule has 0 aliphatic heterocycles. The quantitative estimate of drug-likeness (QED) is 0.474. The lowest BCUT2D eigenvalue weighted by Crippen LogP contribution is -2.12. The van der Waals surface area contributed by atoms with Gasteiger partial charge in [-0.3, -0.25) is 4.79 Å². The summed E-state index contributed by atoms with van der Waals surface area (Å²) in [5.74, 6) is -0.398. The van der Waals surface area contributed by atoms with E-state index in [0.717, 1.165) is 18.2 Å². The molecule has 0 radical (unpaired) electrons. The number of hydrogen-bond acceptors (Lipinski definition) is 2. The summed E-state index contributed by atoms with van der Waals surface area (Å²) in [4.78, 5) is 12.3. The van der Waals surface area contributed by atoms with Crippen LogP contribution in [0.4, 0.5) is 18.9 Å². The van der Waals surface area contributed by atoms with Crippen LogP contribution in [0.3, 0.4) is 0 Å². The lowest BCUT2D eigenvalue weighted by molar-refractivity contribution is -0.137.